The van der Waals surface area contributed by atoms with Crippen molar-refractivity contribution >= 4 is 5.84 Å². The molecule has 1 N–H and O–H groups in total. The number of ether oxygens (including phenoxy) is 1. The Morgan fingerprint density at radius 3 is 2.85 bits per heavy atom. The number of hydrogen-bond acceptors (Lipinski definition) is 2. The maximum absolute atomic E-state index is 7.73. The molecule has 3 nitrogen and oxygen atoms in total. The van der Waals surface area contributed by atoms with Crippen LogP contribution in [0.1, 0.15) is 32.6 Å². The van der Waals surface area contributed by atoms with Crippen LogP contribution in [-0.4, -0.2) is 36.0 Å². The highest BCUT2D eigenvalue weighted by atomic mass is 16.5. The molecule has 0 aromatic rings. The molecule has 2 rings (SSSR count). The number of likely N-dealkylation sites (tertiary alicyclic amines) is 1. The first-order chi connectivity index (χ1) is 6.31. The summed E-state index contributed by atoms with van der Waals surface area (Å²) in [5.74, 6) is 0.847. The van der Waals surface area contributed by atoms with Crippen molar-refractivity contribution in [1.29, 1.82) is 5.41 Å². The molecule has 1 saturated heterocycles. The predicted molar refractivity (Wildman–Crippen MR) is 52.1 cm³/mol. The van der Waals surface area contributed by atoms with E-state index in [1.807, 2.05) is 6.92 Å². The number of nitrogens with one attached hydrogen (secondary N) is 1. The van der Waals surface area contributed by atoms with Gasteiger partial charge in [0, 0.05) is 25.6 Å². The minimum atomic E-state index is 0.475. The van der Waals surface area contributed by atoms with Crippen molar-refractivity contribution in [3.8, 4) is 0 Å². The van der Waals surface area contributed by atoms with Crippen molar-refractivity contribution in [3.05, 3.63) is 0 Å². The van der Waals surface area contributed by atoms with Crippen LogP contribution in [0.5, 0.6) is 0 Å². The fourth-order valence-electron chi connectivity index (χ4n) is 2.26. The van der Waals surface area contributed by atoms with E-state index < -0.39 is 0 Å². The maximum Gasteiger partial charge on any atom is 0.0960 e. The van der Waals surface area contributed by atoms with Gasteiger partial charge in [0.2, 0.25) is 0 Å². The minimum Gasteiger partial charge on any atom is -0.378 e. The SMILES string of the molecule is CCOC1CC(N2CCCC2=N)C1. The van der Waals surface area contributed by atoms with Crippen LogP contribution in [-0.2, 0) is 4.74 Å². The smallest absolute Gasteiger partial charge is 0.0960 e. The summed E-state index contributed by atoms with van der Waals surface area (Å²) in [4.78, 5) is 2.26. The number of hydrogen-bond donors (Lipinski definition) is 1. The molecule has 1 saturated carbocycles. The van der Waals surface area contributed by atoms with Crippen LogP contribution < -0.4 is 0 Å². The standard InChI is InChI=1S/C10H18N2O/c1-2-13-9-6-8(7-9)12-5-3-4-10(12)11/h8-9,11H,2-7H2,1H3. The number of rotatable bonds is 3. The Balaban J connectivity index is 1.76. The third-order valence-electron chi connectivity index (χ3n) is 3.07. The Morgan fingerprint density at radius 2 is 2.31 bits per heavy atom. The largest absolute Gasteiger partial charge is 0.378 e. The van der Waals surface area contributed by atoms with Crippen molar-refractivity contribution in [2.75, 3.05) is 13.2 Å². The second-order valence-electron chi connectivity index (χ2n) is 3.95. The molecule has 1 heterocycles. The van der Waals surface area contributed by atoms with Gasteiger partial charge >= 0.3 is 0 Å². The van der Waals surface area contributed by atoms with Crippen LogP contribution >= 0.6 is 0 Å². The van der Waals surface area contributed by atoms with Crippen LogP contribution in [0.4, 0.5) is 0 Å². The molecule has 0 bridgehead atoms. The average Bonchev–Trinajstić information content (AvgIpc) is 2.43. The molecule has 3 heteroatoms. The predicted octanol–water partition coefficient (Wildman–Crippen LogP) is 1.63. The molecule has 0 amide bonds. The molecular weight excluding hydrogens is 164 g/mol. The van der Waals surface area contributed by atoms with E-state index in [-0.39, 0.29) is 0 Å². The third-order valence-corrected chi connectivity index (χ3v) is 3.07. The van der Waals surface area contributed by atoms with E-state index in [0.29, 0.717) is 12.1 Å². The molecule has 13 heavy (non-hydrogen) atoms. The summed E-state index contributed by atoms with van der Waals surface area (Å²) in [7, 11) is 0. The van der Waals surface area contributed by atoms with E-state index >= 15 is 0 Å². The zero-order chi connectivity index (χ0) is 9.26. The van der Waals surface area contributed by atoms with Gasteiger partial charge in [0.1, 0.15) is 0 Å². The Morgan fingerprint density at radius 1 is 1.54 bits per heavy atom. The molecule has 0 unspecified atom stereocenters. The van der Waals surface area contributed by atoms with E-state index in [1.165, 1.54) is 6.42 Å². The second-order valence-corrected chi connectivity index (χ2v) is 3.95. The van der Waals surface area contributed by atoms with Crippen molar-refractivity contribution in [1.82, 2.24) is 4.90 Å². The summed E-state index contributed by atoms with van der Waals surface area (Å²) in [6.07, 6.45) is 4.90. The average molecular weight is 182 g/mol. The second kappa shape index (κ2) is 3.66. The molecule has 0 radical (unpaired) electrons. The van der Waals surface area contributed by atoms with Crippen molar-refractivity contribution in [2.45, 2.75) is 44.8 Å². The summed E-state index contributed by atoms with van der Waals surface area (Å²) < 4.78 is 5.51. The van der Waals surface area contributed by atoms with Gasteiger partial charge in [-0.05, 0) is 26.2 Å². The fourth-order valence-corrected chi connectivity index (χ4v) is 2.26. The summed E-state index contributed by atoms with van der Waals surface area (Å²) in [6.45, 7) is 3.97. The topological polar surface area (TPSA) is 36.3 Å². The normalized spacial score (nSPS) is 33.6. The molecule has 0 aromatic heterocycles. The first-order valence-corrected chi connectivity index (χ1v) is 5.27. The molecule has 2 aliphatic rings. The molecule has 1 aliphatic heterocycles. The Labute approximate surface area is 79.6 Å². The molecule has 0 spiro atoms. The maximum atomic E-state index is 7.73. The number of nitrogens with zero attached hydrogens (tertiary/aromatic N) is 1. The summed E-state index contributed by atoms with van der Waals surface area (Å²) in [5, 5.41) is 7.73. The van der Waals surface area contributed by atoms with Crippen LogP contribution in [0.15, 0.2) is 0 Å². The monoisotopic (exact) mass is 182 g/mol. The van der Waals surface area contributed by atoms with Gasteiger partial charge in [-0.3, -0.25) is 5.41 Å². The van der Waals surface area contributed by atoms with E-state index in [0.717, 1.165) is 38.2 Å². The molecule has 0 atom stereocenters. The lowest BCUT2D eigenvalue weighted by molar-refractivity contribution is -0.0288. The Hall–Kier alpha value is -0.570. The molecular formula is C10H18N2O. The highest BCUT2D eigenvalue weighted by molar-refractivity contribution is 5.81. The lowest BCUT2D eigenvalue weighted by Gasteiger charge is -2.41. The zero-order valence-electron chi connectivity index (χ0n) is 8.25. The van der Waals surface area contributed by atoms with Gasteiger partial charge in [0.05, 0.1) is 11.9 Å². The van der Waals surface area contributed by atoms with Gasteiger partial charge in [-0.1, -0.05) is 0 Å². The molecule has 0 aromatic carbocycles. The van der Waals surface area contributed by atoms with Crippen LogP contribution in [0.3, 0.4) is 0 Å². The summed E-state index contributed by atoms with van der Waals surface area (Å²) in [5.41, 5.74) is 0. The fraction of sp³-hybridized carbons (Fsp3) is 0.900. The highest BCUT2D eigenvalue weighted by Gasteiger charge is 2.36. The zero-order valence-corrected chi connectivity index (χ0v) is 8.25. The summed E-state index contributed by atoms with van der Waals surface area (Å²) >= 11 is 0. The lowest BCUT2D eigenvalue weighted by atomic mass is 9.88. The van der Waals surface area contributed by atoms with Crippen molar-refractivity contribution in [2.24, 2.45) is 0 Å². The first-order valence-electron chi connectivity index (χ1n) is 5.27. The van der Waals surface area contributed by atoms with E-state index in [2.05, 4.69) is 4.90 Å². The van der Waals surface area contributed by atoms with Crippen LogP contribution in [0.2, 0.25) is 0 Å². The lowest BCUT2D eigenvalue weighted by Crippen LogP contribution is -2.48. The molecule has 74 valence electrons. The van der Waals surface area contributed by atoms with Gasteiger partial charge in [0.25, 0.3) is 0 Å². The Kier molecular flexibility index (Phi) is 2.54. The van der Waals surface area contributed by atoms with E-state index in [9.17, 15) is 0 Å². The summed E-state index contributed by atoms with van der Waals surface area (Å²) in [6, 6.07) is 0.617. The van der Waals surface area contributed by atoms with Gasteiger partial charge < -0.3 is 9.64 Å². The van der Waals surface area contributed by atoms with E-state index in [4.69, 9.17) is 10.1 Å². The van der Waals surface area contributed by atoms with Gasteiger partial charge in [-0.25, -0.2) is 0 Å². The Bertz CT molecular complexity index is 199. The number of amidine groups is 1. The first kappa shape index (κ1) is 9.00. The van der Waals surface area contributed by atoms with Gasteiger partial charge in [0.15, 0.2) is 0 Å². The van der Waals surface area contributed by atoms with Gasteiger partial charge in [-0.15, -0.1) is 0 Å². The highest BCUT2D eigenvalue weighted by Crippen LogP contribution is 2.31. The third kappa shape index (κ3) is 1.70. The van der Waals surface area contributed by atoms with Crippen molar-refractivity contribution < 1.29 is 4.74 Å². The quantitative estimate of drug-likeness (QED) is 0.720. The van der Waals surface area contributed by atoms with Crippen LogP contribution in [0, 0.1) is 5.41 Å². The van der Waals surface area contributed by atoms with Gasteiger partial charge in [-0.2, -0.15) is 0 Å². The van der Waals surface area contributed by atoms with Crippen LogP contribution in [0.25, 0.3) is 0 Å². The molecule has 2 fully saturated rings. The van der Waals surface area contributed by atoms with E-state index in [1.54, 1.807) is 0 Å². The minimum absolute atomic E-state index is 0.475. The van der Waals surface area contributed by atoms with Crippen molar-refractivity contribution in [3.63, 3.8) is 0 Å². The molecule has 1 aliphatic carbocycles.